The summed E-state index contributed by atoms with van der Waals surface area (Å²) >= 11 is 0. The number of nitrogens with one attached hydrogen (secondary N) is 1. The Morgan fingerprint density at radius 2 is 2.13 bits per heavy atom. The summed E-state index contributed by atoms with van der Waals surface area (Å²) in [5.41, 5.74) is 2.38. The predicted octanol–water partition coefficient (Wildman–Crippen LogP) is 1.51. The van der Waals surface area contributed by atoms with E-state index in [0.717, 1.165) is 24.5 Å². The molecule has 1 aromatic carbocycles. The lowest BCUT2D eigenvalue weighted by Gasteiger charge is -2.25. The zero-order valence-corrected chi connectivity index (χ0v) is 13.4. The van der Waals surface area contributed by atoms with Gasteiger partial charge >= 0.3 is 0 Å². The number of rotatable bonds is 5. The van der Waals surface area contributed by atoms with Gasteiger partial charge in [-0.05, 0) is 12.5 Å². The molecular weight excluding hydrogens is 292 g/mol. The van der Waals surface area contributed by atoms with Gasteiger partial charge in [0.2, 0.25) is 5.91 Å². The third-order valence-electron chi connectivity index (χ3n) is 3.87. The molecule has 1 aliphatic rings. The molecule has 1 N–H and O–H groups in total. The van der Waals surface area contributed by atoms with Gasteiger partial charge in [0.05, 0.1) is 32.5 Å². The molecule has 1 fully saturated rings. The quantitative estimate of drug-likeness (QED) is 0.909. The molecule has 1 aliphatic heterocycles. The highest BCUT2D eigenvalue weighted by Gasteiger charge is 2.15. The lowest BCUT2D eigenvalue weighted by atomic mass is 10.1. The molecule has 6 nitrogen and oxygen atoms in total. The lowest BCUT2D eigenvalue weighted by molar-refractivity contribution is -0.118. The van der Waals surface area contributed by atoms with Gasteiger partial charge in [0.1, 0.15) is 5.82 Å². The van der Waals surface area contributed by atoms with Crippen LogP contribution in [0.1, 0.15) is 11.1 Å². The van der Waals surface area contributed by atoms with E-state index in [2.05, 4.69) is 40.4 Å². The van der Waals surface area contributed by atoms with Crippen LogP contribution in [0.5, 0.6) is 0 Å². The fraction of sp³-hybridized carbons (Fsp3) is 0.412. The maximum absolute atomic E-state index is 12.2. The smallest absolute Gasteiger partial charge is 0.239 e. The van der Waals surface area contributed by atoms with Gasteiger partial charge in [-0.2, -0.15) is 5.10 Å². The maximum Gasteiger partial charge on any atom is 0.239 e. The Morgan fingerprint density at radius 1 is 1.30 bits per heavy atom. The number of anilines is 1. The zero-order valence-electron chi connectivity index (χ0n) is 13.4. The number of hydrogen-bond donors (Lipinski definition) is 1. The molecule has 1 aromatic heterocycles. The highest BCUT2D eigenvalue weighted by molar-refractivity contribution is 5.91. The molecule has 3 rings (SSSR count). The highest BCUT2D eigenvalue weighted by atomic mass is 16.5. The van der Waals surface area contributed by atoms with Gasteiger partial charge in [-0.1, -0.05) is 29.8 Å². The molecule has 0 bridgehead atoms. The minimum absolute atomic E-state index is 0.0158. The molecule has 0 aliphatic carbocycles. The van der Waals surface area contributed by atoms with E-state index < -0.39 is 0 Å². The van der Waals surface area contributed by atoms with Crippen molar-refractivity contribution in [3.63, 3.8) is 0 Å². The fourth-order valence-corrected chi connectivity index (χ4v) is 2.69. The first-order valence-corrected chi connectivity index (χ1v) is 7.88. The van der Waals surface area contributed by atoms with Crippen LogP contribution in [0.3, 0.4) is 0 Å². The van der Waals surface area contributed by atoms with Crippen molar-refractivity contribution < 1.29 is 9.53 Å². The summed E-state index contributed by atoms with van der Waals surface area (Å²) < 4.78 is 7.11. The summed E-state index contributed by atoms with van der Waals surface area (Å²) in [5.74, 6) is 0.711. The van der Waals surface area contributed by atoms with Crippen LogP contribution in [-0.4, -0.2) is 53.4 Å². The molecule has 2 aromatic rings. The van der Waals surface area contributed by atoms with Gasteiger partial charge in [0.25, 0.3) is 0 Å². The highest BCUT2D eigenvalue weighted by Crippen LogP contribution is 2.11. The Bertz CT molecular complexity index is 662. The molecule has 2 heterocycles. The van der Waals surface area contributed by atoms with Crippen LogP contribution >= 0.6 is 0 Å². The number of nitrogens with zero attached hydrogens (tertiary/aromatic N) is 3. The summed E-state index contributed by atoms with van der Waals surface area (Å²) in [6.45, 7) is 6.08. The van der Waals surface area contributed by atoms with Crippen molar-refractivity contribution in [1.29, 1.82) is 0 Å². The van der Waals surface area contributed by atoms with Crippen molar-refractivity contribution in [2.45, 2.75) is 13.5 Å². The van der Waals surface area contributed by atoms with E-state index in [0.29, 0.717) is 26.3 Å². The van der Waals surface area contributed by atoms with Crippen LogP contribution in [0.2, 0.25) is 0 Å². The van der Waals surface area contributed by atoms with Gasteiger partial charge in [0.15, 0.2) is 0 Å². The molecule has 0 saturated carbocycles. The Morgan fingerprint density at radius 3 is 2.91 bits per heavy atom. The minimum atomic E-state index is -0.0158. The monoisotopic (exact) mass is 314 g/mol. The van der Waals surface area contributed by atoms with Crippen LogP contribution < -0.4 is 5.32 Å². The van der Waals surface area contributed by atoms with Crippen LogP contribution in [0.15, 0.2) is 36.5 Å². The average Bonchev–Trinajstić information content (AvgIpc) is 2.95. The van der Waals surface area contributed by atoms with Crippen molar-refractivity contribution >= 4 is 11.7 Å². The Balaban J connectivity index is 1.60. The average molecular weight is 314 g/mol. The fourth-order valence-electron chi connectivity index (χ4n) is 2.69. The van der Waals surface area contributed by atoms with Crippen LogP contribution in [0, 0.1) is 6.92 Å². The van der Waals surface area contributed by atoms with E-state index in [4.69, 9.17) is 4.74 Å². The van der Waals surface area contributed by atoms with Gasteiger partial charge in [-0.3, -0.25) is 9.69 Å². The molecule has 0 spiro atoms. The second kappa shape index (κ2) is 7.39. The standard InChI is InChI=1S/C17H22N4O2/c1-14-3-2-4-15(11-14)12-21-16(5-6-18-21)19-17(22)13-20-7-9-23-10-8-20/h2-6,11H,7-10,12-13H2,1H3,(H,19,22). The first-order valence-electron chi connectivity index (χ1n) is 7.88. The maximum atomic E-state index is 12.2. The number of hydrogen-bond acceptors (Lipinski definition) is 4. The molecule has 1 amide bonds. The summed E-state index contributed by atoms with van der Waals surface area (Å²) in [4.78, 5) is 14.3. The number of amides is 1. The summed E-state index contributed by atoms with van der Waals surface area (Å²) in [6.07, 6.45) is 1.71. The van der Waals surface area contributed by atoms with Crippen molar-refractivity contribution in [2.24, 2.45) is 0 Å². The second-order valence-electron chi connectivity index (χ2n) is 5.80. The Hall–Kier alpha value is -2.18. The summed E-state index contributed by atoms with van der Waals surface area (Å²) in [7, 11) is 0. The topological polar surface area (TPSA) is 59.4 Å². The molecule has 23 heavy (non-hydrogen) atoms. The molecule has 122 valence electrons. The van der Waals surface area contributed by atoms with E-state index in [9.17, 15) is 4.79 Å². The van der Waals surface area contributed by atoms with Crippen LogP contribution in [0.4, 0.5) is 5.82 Å². The van der Waals surface area contributed by atoms with Crippen molar-refractivity contribution in [2.75, 3.05) is 38.2 Å². The number of aromatic nitrogens is 2. The molecule has 0 atom stereocenters. The van der Waals surface area contributed by atoms with Gasteiger partial charge in [-0.15, -0.1) is 0 Å². The Kier molecular flexibility index (Phi) is 5.05. The molecule has 0 radical (unpaired) electrons. The molecule has 1 saturated heterocycles. The first-order chi connectivity index (χ1) is 11.2. The Labute approximate surface area is 136 Å². The van der Waals surface area contributed by atoms with E-state index in [1.807, 2.05) is 16.8 Å². The predicted molar refractivity (Wildman–Crippen MR) is 88.4 cm³/mol. The van der Waals surface area contributed by atoms with Crippen molar-refractivity contribution in [3.8, 4) is 0 Å². The third kappa shape index (κ3) is 4.40. The van der Waals surface area contributed by atoms with E-state index >= 15 is 0 Å². The summed E-state index contributed by atoms with van der Waals surface area (Å²) in [6, 6.07) is 10.1. The summed E-state index contributed by atoms with van der Waals surface area (Å²) in [5, 5.41) is 7.26. The van der Waals surface area contributed by atoms with E-state index in [-0.39, 0.29) is 5.91 Å². The number of aryl methyl sites for hydroxylation is 1. The molecular formula is C17H22N4O2. The molecule has 6 heteroatoms. The number of morpholine rings is 1. The van der Waals surface area contributed by atoms with Crippen LogP contribution in [-0.2, 0) is 16.1 Å². The van der Waals surface area contributed by atoms with Gasteiger partial charge < -0.3 is 10.1 Å². The lowest BCUT2D eigenvalue weighted by Crippen LogP contribution is -2.41. The first kappa shape index (κ1) is 15.7. The number of carbonyl (C=O) groups is 1. The third-order valence-corrected chi connectivity index (χ3v) is 3.87. The van der Waals surface area contributed by atoms with Crippen molar-refractivity contribution in [1.82, 2.24) is 14.7 Å². The van der Waals surface area contributed by atoms with Crippen molar-refractivity contribution in [3.05, 3.63) is 47.7 Å². The number of ether oxygens (including phenoxy) is 1. The second-order valence-corrected chi connectivity index (χ2v) is 5.80. The normalized spacial score (nSPS) is 15.5. The SMILES string of the molecule is Cc1cccc(Cn2nccc2NC(=O)CN2CCOCC2)c1. The van der Waals surface area contributed by atoms with Crippen LogP contribution in [0.25, 0.3) is 0 Å². The van der Waals surface area contributed by atoms with Gasteiger partial charge in [0, 0.05) is 19.2 Å². The molecule has 0 unspecified atom stereocenters. The van der Waals surface area contributed by atoms with Gasteiger partial charge in [-0.25, -0.2) is 4.68 Å². The zero-order chi connectivity index (χ0) is 16.1. The van der Waals surface area contributed by atoms with E-state index in [1.165, 1.54) is 5.56 Å². The van der Waals surface area contributed by atoms with E-state index in [1.54, 1.807) is 6.20 Å². The minimum Gasteiger partial charge on any atom is -0.379 e. The largest absolute Gasteiger partial charge is 0.379 e. The number of benzene rings is 1. The number of carbonyl (C=O) groups excluding carboxylic acids is 1.